The van der Waals surface area contributed by atoms with Gasteiger partial charge in [-0.25, -0.2) is 14.8 Å². The summed E-state index contributed by atoms with van der Waals surface area (Å²) in [7, 11) is 0. The van der Waals surface area contributed by atoms with E-state index in [0.29, 0.717) is 34.2 Å². The minimum Gasteiger partial charge on any atom is -0.478 e. The summed E-state index contributed by atoms with van der Waals surface area (Å²) in [5.41, 5.74) is 1.64. The average molecular weight is 277 g/mol. The third-order valence-electron chi connectivity index (χ3n) is 2.77. The van der Waals surface area contributed by atoms with E-state index in [1.165, 1.54) is 0 Å². The first-order chi connectivity index (χ1) is 9.04. The van der Waals surface area contributed by atoms with E-state index in [1.54, 1.807) is 31.2 Å². The van der Waals surface area contributed by atoms with E-state index in [1.807, 2.05) is 6.92 Å². The van der Waals surface area contributed by atoms with Crippen molar-refractivity contribution < 1.29 is 9.90 Å². The van der Waals surface area contributed by atoms with Crippen molar-refractivity contribution in [3.63, 3.8) is 0 Å². The van der Waals surface area contributed by atoms with Crippen LogP contribution in [0.15, 0.2) is 24.3 Å². The first-order valence-corrected chi connectivity index (χ1v) is 6.28. The molecule has 98 valence electrons. The van der Waals surface area contributed by atoms with Crippen molar-refractivity contribution in [1.82, 2.24) is 9.97 Å². The quantitative estimate of drug-likeness (QED) is 0.933. The Bertz CT molecular complexity index is 641. The Kier molecular flexibility index (Phi) is 3.81. The highest BCUT2D eigenvalue weighted by atomic mass is 35.5. The van der Waals surface area contributed by atoms with Crippen LogP contribution in [0.5, 0.6) is 0 Å². The van der Waals surface area contributed by atoms with Crippen molar-refractivity contribution in [2.45, 2.75) is 20.3 Å². The van der Waals surface area contributed by atoms with Crippen molar-refractivity contribution in [1.29, 1.82) is 0 Å². The van der Waals surface area contributed by atoms with E-state index in [2.05, 4.69) is 9.97 Å². The van der Waals surface area contributed by atoms with Crippen LogP contribution < -0.4 is 0 Å². The van der Waals surface area contributed by atoms with Crippen LogP contribution in [0.2, 0.25) is 5.02 Å². The van der Waals surface area contributed by atoms with Gasteiger partial charge in [-0.3, -0.25) is 0 Å². The number of aromatic nitrogens is 2. The van der Waals surface area contributed by atoms with Gasteiger partial charge in [0, 0.05) is 10.6 Å². The Balaban J connectivity index is 2.79. The molecule has 0 spiro atoms. The van der Waals surface area contributed by atoms with Crippen LogP contribution >= 0.6 is 11.6 Å². The second-order valence-corrected chi connectivity index (χ2v) is 4.49. The molecule has 1 aromatic heterocycles. The smallest absolute Gasteiger partial charge is 0.339 e. The molecule has 1 N–H and O–H groups in total. The second kappa shape index (κ2) is 5.36. The molecule has 2 aromatic rings. The molecule has 0 aliphatic rings. The Hall–Kier alpha value is -1.94. The van der Waals surface area contributed by atoms with Crippen molar-refractivity contribution in [2.24, 2.45) is 0 Å². The van der Waals surface area contributed by atoms with Crippen molar-refractivity contribution in [3.8, 4) is 11.3 Å². The van der Waals surface area contributed by atoms with Gasteiger partial charge in [-0.2, -0.15) is 0 Å². The van der Waals surface area contributed by atoms with Gasteiger partial charge in [0.1, 0.15) is 11.4 Å². The number of aromatic carboxylic acids is 1. The summed E-state index contributed by atoms with van der Waals surface area (Å²) in [5, 5.41) is 9.87. The Labute approximate surface area is 116 Å². The predicted molar refractivity (Wildman–Crippen MR) is 73.6 cm³/mol. The highest BCUT2D eigenvalue weighted by Crippen LogP contribution is 2.30. The number of carbonyl (C=O) groups is 1. The molecule has 1 heterocycles. The van der Waals surface area contributed by atoms with Gasteiger partial charge < -0.3 is 5.11 Å². The van der Waals surface area contributed by atoms with Gasteiger partial charge in [-0.05, 0) is 19.4 Å². The number of hydrogen-bond donors (Lipinski definition) is 1. The minimum atomic E-state index is -1.04. The number of carboxylic acids is 1. The summed E-state index contributed by atoms with van der Waals surface area (Å²) in [6, 6.07) is 7.07. The number of hydrogen-bond acceptors (Lipinski definition) is 3. The maximum atomic E-state index is 11.5. The van der Waals surface area contributed by atoms with E-state index in [9.17, 15) is 9.90 Å². The molecule has 0 aliphatic heterocycles. The molecule has 0 aliphatic carbocycles. The molecule has 2 rings (SSSR count). The molecule has 0 bridgehead atoms. The van der Waals surface area contributed by atoms with E-state index >= 15 is 0 Å². The highest BCUT2D eigenvalue weighted by molar-refractivity contribution is 6.33. The molecule has 0 amide bonds. The highest BCUT2D eigenvalue weighted by Gasteiger charge is 2.20. The summed E-state index contributed by atoms with van der Waals surface area (Å²) < 4.78 is 0. The number of aryl methyl sites for hydroxylation is 2. The second-order valence-electron chi connectivity index (χ2n) is 4.08. The van der Waals surface area contributed by atoms with E-state index < -0.39 is 5.97 Å². The maximum absolute atomic E-state index is 11.5. The molecular formula is C14H13ClN2O2. The molecule has 0 saturated carbocycles. The summed E-state index contributed by atoms with van der Waals surface area (Å²) in [6.07, 6.45) is 0.530. The number of benzene rings is 1. The van der Waals surface area contributed by atoms with Crippen LogP contribution in [-0.2, 0) is 6.42 Å². The van der Waals surface area contributed by atoms with Crippen molar-refractivity contribution in [3.05, 3.63) is 46.4 Å². The molecule has 5 heteroatoms. The Morgan fingerprint density at radius 1 is 1.32 bits per heavy atom. The van der Waals surface area contributed by atoms with Gasteiger partial charge >= 0.3 is 5.97 Å². The molecule has 1 aromatic carbocycles. The molecule has 0 saturated heterocycles. The summed E-state index contributed by atoms with van der Waals surface area (Å²) in [6.45, 7) is 3.61. The van der Waals surface area contributed by atoms with Gasteiger partial charge in [-0.1, -0.05) is 36.7 Å². The van der Waals surface area contributed by atoms with Crippen LogP contribution in [0.3, 0.4) is 0 Å². The number of carboxylic acid groups (broad SMARTS) is 1. The lowest BCUT2D eigenvalue weighted by Crippen LogP contribution is -2.10. The average Bonchev–Trinajstić information content (AvgIpc) is 2.37. The normalized spacial score (nSPS) is 10.5. The lowest BCUT2D eigenvalue weighted by Gasteiger charge is -2.11. The van der Waals surface area contributed by atoms with Crippen LogP contribution in [0, 0.1) is 6.92 Å². The fraction of sp³-hybridized carbons (Fsp3) is 0.214. The van der Waals surface area contributed by atoms with Crippen molar-refractivity contribution in [2.75, 3.05) is 0 Å². The van der Waals surface area contributed by atoms with E-state index in [0.717, 1.165) is 0 Å². The van der Waals surface area contributed by atoms with Gasteiger partial charge in [0.15, 0.2) is 0 Å². The monoisotopic (exact) mass is 276 g/mol. The van der Waals surface area contributed by atoms with E-state index in [4.69, 9.17) is 11.6 Å². The van der Waals surface area contributed by atoms with Crippen LogP contribution in [-0.4, -0.2) is 21.0 Å². The lowest BCUT2D eigenvalue weighted by atomic mass is 10.0. The number of halogens is 1. The molecule has 19 heavy (non-hydrogen) atoms. The molecule has 0 fully saturated rings. The third kappa shape index (κ3) is 2.58. The molecule has 0 unspecified atom stereocenters. The molecular weight excluding hydrogens is 264 g/mol. The molecule has 0 atom stereocenters. The lowest BCUT2D eigenvalue weighted by molar-refractivity contribution is 0.0695. The van der Waals surface area contributed by atoms with Gasteiger partial charge in [-0.15, -0.1) is 0 Å². The van der Waals surface area contributed by atoms with Crippen LogP contribution in [0.4, 0.5) is 0 Å². The maximum Gasteiger partial charge on any atom is 0.339 e. The zero-order valence-corrected chi connectivity index (χ0v) is 11.4. The van der Waals surface area contributed by atoms with Gasteiger partial charge in [0.25, 0.3) is 0 Å². The van der Waals surface area contributed by atoms with Crippen molar-refractivity contribution >= 4 is 17.6 Å². The topological polar surface area (TPSA) is 63.1 Å². The largest absolute Gasteiger partial charge is 0.478 e. The third-order valence-corrected chi connectivity index (χ3v) is 3.10. The van der Waals surface area contributed by atoms with Gasteiger partial charge in [0.2, 0.25) is 0 Å². The molecule has 4 nitrogen and oxygen atoms in total. The predicted octanol–water partition coefficient (Wildman–Crippen LogP) is 3.37. The fourth-order valence-electron chi connectivity index (χ4n) is 1.96. The first kappa shape index (κ1) is 13.5. The Morgan fingerprint density at radius 3 is 2.58 bits per heavy atom. The Morgan fingerprint density at radius 2 is 2.00 bits per heavy atom. The summed E-state index contributed by atoms with van der Waals surface area (Å²) >= 11 is 6.13. The van der Waals surface area contributed by atoms with Gasteiger partial charge in [0.05, 0.1) is 11.4 Å². The van der Waals surface area contributed by atoms with Crippen LogP contribution in [0.1, 0.15) is 28.8 Å². The summed E-state index contributed by atoms with van der Waals surface area (Å²) in [5.74, 6) is -0.497. The minimum absolute atomic E-state index is 0.126. The SMILES string of the molecule is CCc1nc(C)nc(-c2ccccc2Cl)c1C(=O)O. The fourth-order valence-corrected chi connectivity index (χ4v) is 2.18. The zero-order valence-electron chi connectivity index (χ0n) is 10.6. The molecule has 0 radical (unpaired) electrons. The standard InChI is InChI=1S/C14H13ClN2O2/c1-3-11-12(14(18)19)13(17-8(2)16-11)9-6-4-5-7-10(9)15/h4-7H,3H2,1-2H3,(H,18,19). The number of nitrogens with zero attached hydrogens (tertiary/aromatic N) is 2. The van der Waals surface area contributed by atoms with E-state index in [-0.39, 0.29) is 5.56 Å². The van der Waals surface area contributed by atoms with Crippen LogP contribution in [0.25, 0.3) is 11.3 Å². The number of rotatable bonds is 3. The summed E-state index contributed by atoms with van der Waals surface area (Å²) in [4.78, 5) is 19.9. The first-order valence-electron chi connectivity index (χ1n) is 5.90. The zero-order chi connectivity index (χ0) is 14.0.